The van der Waals surface area contributed by atoms with Crippen LogP contribution in [0.4, 0.5) is 0 Å². The molecule has 0 saturated carbocycles. The van der Waals surface area contributed by atoms with E-state index in [0.717, 1.165) is 27.8 Å². The lowest BCUT2D eigenvalue weighted by Gasteiger charge is -2.23. The second-order valence-corrected chi connectivity index (χ2v) is 10.9. The molecule has 0 heterocycles. The van der Waals surface area contributed by atoms with Gasteiger partial charge in [0, 0.05) is 32.7 Å². The fraction of sp³-hybridized carbons (Fsp3) is 0.143. The molecule has 5 aromatic carbocycles. The molecule has 0 unspecified atom stereocenters. The molecule has 0 fully saturated rings. The molecule has 11 N–H and O–H groups in total. The summed E-state index contributed by atoms with van der Waals surface area (Å²) >= 11 is 0. The van der Waals surface area contributed by atoms with Gasteiger partial charge in [0.25, 0.3) is 0 Å². The van der Waals surface area contributed by atoms with Crippen LogP contribution in [-0.4, -0.2) is 56.0 Å². The monoisotopic (exact) mass is 644 g/mol. The number of aromatic hydroxyl groups is 10. The number of hydrogen-bond donors (Lipinski definition) is 11. The zero-order valence-corrected chi connectivity index (χ0v) is 25.1. The summed E-state index contributed by atoms with van der Waals surface area (Å²) in [4.78, 5) is 1.98. The topological polar surface area (TPSA) is 218 Å². The van der Waals surface area contributed by atoms with Crippen LogP contribution in [0.3, 0.4) is 0 Å². The van der Waals surface area contributed by atoms with Crippen LogP contribution in [0.5, 0.6) is 57.5 Å². The highest BCUT2D eigenvalue weighted by atomic mass is 16.3. The zero-order chi connectivity index (χ0) is 34.1. The van der Waals surface area contributed by atoms with Gasteiger partial charge in [-0.1, -0.05) is 30.3 Å². The molecule has 0 bridgehead atoms. The molecule has 0 amide bonds. The Labute approximate surface area is 270 Å². The Morgan fingerprint density at radius 3 is 0.809 bits per heavy atom. The highest BCUT2D eigenvalue weighted by molar-refractivity contribution is 5.44. The Hall–Kier alpha value is -5.98. The summed E-state index contributed by atoms with van der Waals surface area (Å²) in [5, 5.41) is 97.9. The molecule has 0 atom stereocenters. The van der Waals surface area contributed by atoms with E-state index in [9.17, 15) is 51.1 Å². The molecule has 0 radical (unpaired) electrons. The molecule has 0 aliphatic carbocycles. The molecule has 0 aliphatic heterocycles. The van der Waals surface area contributed by atoms with E-state index in [4.69, 9.17) is 0 Å². The van der Waals surface area contributed by atoms with Gasteiger partial charge in [-0.05, 0) is 88.5 Å². The Kier molecular flexibility index (Phi) is 11.1. The summed E-state index contributed by atoms with van der Waals surface area (Å²) in [6, 6.07) is 22.9. The first-order chi connectivity index (χ1) is 22.4. The van der Waals surface area contributed by atoms with Crippen LogP contribution in [0.15, 0.2) is 91.0 Å². The van der Waals surface area contributed by atoms with Crippen molar-refractivity contribution in [3.63, 3.8) is 0 Å². The van der Waals surface area contributed by atoms with Crippen molar-refractivity contribution < 1.29 is 51.1 Å². The molecule has 12 nitrogen and oxygen atoms in total. The van der Waals surface area contributed by atoms with Crippen molar-refractivity contribution in [2.45, 2.75) is 32.7 Å². The van der Waals surface area contributed by atoms with Gasteiger partial charge in [0.1, 0.15) is 0 Å². The number of rotatable bonds is 10. The molecule has 0 aliphatic rings. The number of nitrogens with one attached hydrogen (secondary N) is 1. The van der Waals surface area contributed by atoms with Crippen molar-refractivity contribution in [2.75, 3.05) is 0 Å². The van der Waals surface area contributed by atoms with Crippen molar-refractivity contribution in [1.29, 1.82) is 0 Å². The van der Waals surface area contributed by atoms with E-state index in [0.29, 0.717) is 32.7 Å². The van der Waals surface area contributed by atoms with Gasteiger partial charge in [-0.15, -0.1) is 0 Å². The lowest BCUT2D eigenvalue weighted by atomic mass is 10.1. The van der Waals surface area contributed by atoms with E-state index < -0.39 is 0 Å². The van der Waals surface area contributed by atoms with Crippen LogP contribution in [-0.2, 0) is 32.7 Å². The van der Waals surface area contributed by atoms with E-state index in [2.05, 4.69) is 5.32 Å². The molecular formula is C35H36N2O10. The molecule has 12 heteroatoms. The number of benzene rings is 5. The van der Waals surface area contributed by atoms with Crippen molar-refractivity contribution >= 4 is 0 Å². The Morgan fingerprint density at radius 2 is 0.553 bits per heavy atom. The van der Waals surface area contributed by atoms with Gasteiger partial charge in [0.15, 0.2) is 57.5 Å². The second-order valence-electron chi connectivity index (χ2n) is 10.9. The first-order valence-corrected chi connectivity index (χ1v) is 14.3. The number of hydrogen-bond acceptors (Lipinski definition) is 12. The maximum Gasteiger partial charge on any atom is 0.157 e. The predicted molar refractivity (Wildman–Crippen MR) is 172 cm³/mol. The van der Waals surface area contributed by atoms with Gasteiger partial charge in [0.2, 0.25) is 0 Å². The minimum atomic E-state index is -0.220. The molecule has 5 rings (SSSR count). The average Bonchev–Trinajstić information content (AvgIpc) is 3.02. The van der Waals surface area contributed by atoms with Crippen LogP contribution < -0.4 is 5.32 Å². The predicted octanol–water partition coefficient (Wildman–Crippen LogP) is 4.92. The first-order valence-electron chi connectivity index (χ1n) is 14.3. The lowest BCUT2D eigenvalue weighted by Crippen LogP contribution is -2.22. The Morgan fingerprint density at radius 1 is 0.319 bits per heavy atom. The van der Waals surface area contributed by atoms with Crippen LogP contribution >= 0.6 is 0 Å². The van der Waals surface area contributed by atoms with Gasteiger partial charge in [0.05, 0.1) is 0 Å². The molecular weight excluding hydrogens is 608 g/mol. The van der Waals surface area contributed by atoms with E-state index in [-0.39, 0.29) is 57.5 Å². The molecule has 0 saturated heterocycles. The summed E-state index contributed by atoms with van der Waals surface area (Å²) in [5.74, 6) is -1.87. The van der Waals surface area contributed by atoms with Crippen molar-refractivity contribution in [2.24, 2.45) is 0 Å². The van der Waals surface area contributed by atoms with E-state index >= 15 is 0 Å². The van der Waals surface area contributed by atoms with Crippen LogP contribution in [0, 0.1) is 0 Å². The van der Waals surface area contributed by atoms with E-state index in [1.165, 1.54) is 60.7 Å². The summed E-state index contributed by atoms with van der Waals surface area (Å²) in [6.07, 6.45) is 0. The van der Waals surface area contributed by atoms with Crippen molar-refractivity contribution in [3.05, 3.63) is 119 Å². The Bertz CT molecular complexity index is 1650. The van der Waals surface area contributed by atoms with Gasteiger partial charge in [-0.3, -0.25) is 4.90 Å². The van der Waals surface area contributed by atoms with Gasteiger partial charge in [-0.25, -0.2) is 0 Å². The zero-order valence-electron chi connectivity index (χ0n) is 25.1. The third-order valence-corrected chi connectivity index (χ3v) is 7.08. The molecule has 5 aromatic rings. The van der Waals surface area contributed by atoms with Gasteiger partial charge < -0.3 is 56.4 Å². The number of phenols is 10. The minimum Gasteiger partial charge on any atom is -0.504 e. The quantitative estimate of drug-likeness (QED) is 0.0913. The van der Waals surface area contributed by atoms with Gasteiger partial charge >= 0.3 is 0 Å². The maximum absolute atomic E-state index is 9.74. The number of nitrogens with zero attached hydrogens (tertiary/aromatic N) is 1. The standard InChI is InChI=1S/C21H21NO6.C14H15NO4/c23-16-4-1-13(7-19(16)26)10-22(11-14-2-5-17(24)20(27)8-14)12-15-3-6-18(25)21(28)9-15;16-11-3-1-9(5-13(11)18)7-15-8-10-2-4-12(17)14(19)6-10/h1-9,23-28H,10-12H2;1-6,15-19H,7-8H2. The average molecular weight is 645 g/mol. The summed E-state index contributed by atoms with van der Waals surface area (Å²) in [6.45, 7) is 2.22. The molecule has 47 heavy (non-hydrogen) atoms. The summed E-state index contributed by atoms with van der Waals surface area (Å²) in [5.41, 5.74) is 3.92. The highest BCUT2D eigenvalue weighted by Crippen LogP contribution is 2.30. The van der Waals surface area contributed by atoms with Crippen LogP contribution in [0.25, 0.3) is 0 Å². The van der Waals surface area contributed by atoms with Crippen molar-refractivity contribution in [1.82, 2.24) is 10.2 Å². The number of phenolic OH excluding ortho intramolecular Hbond substituents is 10. The first kappa shape index (κ1) is 33.9. The smallest absolute Gasteiger partial charge is 0.157 e. The molecule has 246 valence electrons. The minimum absolute atomic E-state index is 0.146. The molecule has 0 aromatic heterocycles. The van der Waals surface area contributed by atoms with Crippen LogP contribution in [0.2, 0.25) is 0 Å². The van der Waals surface area contributed by atoms with Crippen LogP contribution in [0.1, 0.15) is 27.8 Å². The van der Waals surface area contributed by atoms with Crippen molar-refractivity contribution in [3.8, 4) is 57.5 Å². The summed E-state index contributed by atoms with van der Waals surface area (Å²) < 4.78 is 0. The van der Waals surface area contributed by atoms with Gasteiger partial charge in [-0.2, -0.15) is 0 Å². The second kappa shape index (κ2) is 15.3. The largest absolute Gasteiger partial charge is 0.504 e. The maximum atomic E-state index is 9.74. The fourth-order valence-corrected chi connectivity index (χ4v) is 4.65. The SMILES string of the molecule is Oc1ccc(CN(Cc2ccc(O)c(O)c2)Cc2ccc(O)c(O)c2)cc1O.Oc1ccc(CNCc2ccc(O)c(O)c2)cc1O. The highest BCUT2D eigenvalue weighted by Gasteiger charge is 2.13. The third-order valence-electron chi connectivity index (χ3n) is 7.08. The van der Waals surface area contributed by atoms with E-state index in [1.807, 2.05) is 4.90 Å². The lowest BCUT2D eigenvalue weighted by molar-refractivity contribution is 0.246. The third kappa shape index (κ3) is 9.75. The van der Waals surface area contributed by atoms with E-state index in [1.54, 1.807) is 30.3 Å². The summed E-state index contributed by atoms with van der Waals surface area (Å²) in [7, 11) is 0. The Balaban J connectivity index is 0.000000229. The normalized spacial score (nSPS) is 10.8. The fourth-order valence-electron chi connectivity index (χ4n) is 4.65. The molecule has 0 spiro atoms.